The van der Waals surface area contributed by atoms with Gasteiger partial charge in [0.2, 0.25) is 0 Å². The van der Waals surface area contributed by atoms with Crippen molar-refractivity contribution in [2.75, 3.05) is 25.5 Å². The number of rotatable bonds is 3. The van der Waals surface area contributed by atoms with Gasteiger partial charge in [0.25, 0.3) is 0 Å². The molecule has 3 fully saturated rings. The highest BCUT2D eigenvalue weighted by Gasteiger charge is 2.42. The van der Waals surface area contributed by atoms with Crippen LogP contribution >= 0.6 is 11.6 Å². The van der Waals surface area contributed by atoms with Crippen molar-refractivity contribution in [2.45, 2.75) is 69.4 Å². The largest absolute Gasteiger partial charge is 0.371 e. The van der Waals surface area contributed by atoms with E-state index in [2.05, 4.69) is 11.8 Å². The lowest BCUT2D eigenvalue weighted by Gasteiger charge is -2.37. The van der Waals surface area contributed by atoms with E-state index in [1.807, 2.05) is 0 Å². The van der Waals surface area contributed by atoms with Gasteiger partial charge in [-0.3, -0.25) is 4.90 Å². The zero-order valence-corrected chi connectivity index (χ0v) is 12.7. The molecule has 0 radical (unpaired) electrons. The van der Waals surface area contributed by atoms with Crippen LogP contribution in [0.4, 0.5) is 0 Å². The lowest BCUT2D eigenvalue weighted by atomic mass is 9.98. The van der Waals surface area contributed by atoms with Gasteiger partial charge in [0.05, 0.1) is 23.9 Å². The minimum atomic E-state index is 0.187. The minimum absolute atomic E-state index is 0.187. The molecule has 3 atom stereocenters. The zero-order valence-electron chi connectivity index (χ0n) is 11.9. The molecule has 0 N–H and O–H groups in total. The van der Waals surface area contributed by atoms with Gasteiger partial charge < -0.3 is 9.47 Å². The van der Waals surface area contributed by atoms with Crippen LogP contribution in [-0.2, 0) is 9.47 Å². The monoisotopic (exact) mass is 287 g/mol. The second kappa shape index (κ2) is 5.88. The Labute approximate surface area is 121 Å². The molecule has 2 heterocycles. The molecular formula is C15H26ClNO2. The average molecular weight is 288 g/mol. The van der Waals surface area contributed by atoms with Crippen LogP contribution in [0.1, 0.15) is 45.4 Å². The standard InChI is InChI=1S/C15H26ClNO2/c1-12-9-17(11-14(8-16)18-12)10-13-4-7-15(19-13)5-2-3-6-15/h12-14H,2-11H2,1H3. The van der Waals surface area contributed by atoms with Crippen LogP contribution in [0.25, 0.3) is 0 Å². The number of ether oxygens (including phenoxy) is 2. The van der Waals surface area contributed by atoms with E-state index in [0.29, 0.717) is 18.1 Å². The van der Waals surface area contributed by atoms with Gasteiger partial charge in [0, 0.05) is 25.5 Å². The maximum absolute atomic E-state index is 6.40. The van der Waals surface area contributed by atoms with Crippen molar-refractivity contribution in [3.05, 3.63) is 0 Å². The maximum Gasteiger partial charge on any atom is 0.0841 e. The number of nitrogens with zero attached hydrogens (tertiary/aromatic N) is 1. The Balaban J connectivity index is 1.51. The number of morpholine rings is 1. The van der Waals surface area contributed by atoms with E-state index in [9.17, 15) is 0 Å². The molecule has 0 bridgehead atoms. The second-order valence-electron chi connectivity index (χ2n) is 6.61. The van der Waals surface area contributed by atoms with Gasteiger partial charge in [-0.25, -0.2) is 0 Å². The summed E-state index contributed by atoms with van der Waals surface area (Å²) in [5.74, 6) is 0.594. The predicted octanol–water partition coefficient (Wildman–Crippen LogP) is 2.81. The summed E-state index contributed by atoms with van der Waals surface area (Å²) < 4.78 is 12.2. The Morgan fingerprint density at radius 1 is 1.16 bits per heavy atom. The first-order valence-electron chi connectivity index (χ1n) is 7.81. The van der Waals surface area contributed by atoms with E-state index in [1.165, 1.54) is 38.5 Å². The molecule has 0 aromatic carbocycles. The molecule has 3 nitrogen and oxygen atoms in total. The third-order valence-corrected chi connectivity index (χ3v) is 5.23. The number of hydrogen-bond acceptors (Lipinski definition) is 3. The molecule has 4 heteroatoms. The molecule has 0 aromatic heterocycles. The fraction of sp³-hybridized carbons (Fsp3) is 1.00. The van der Waals surface area contributed by atoms with Gasteiger partial charge in [-0.2, -0.15) is 0 Å². The van der Waals surface area contributed by atoms with Crippen LogP contribution in [0.3, 0.4) is 0 Å². The normalized spacial score (nSPS) is 39.2. The molecule has 3 aliphatic rings. The summed E-state index contributed by atoms with van der Waals surface area (Å²) in [7, 11) is 0. The highest BCUT2D eigenvalue weighted by atomic mass is 35.5. The Kier molecular flexibility index (Phi) is 4.37. The minimum Gasteiger partial charge on any atom is -0.371 e. The molecule has 1 saturated carbocycles. The molecular weight excluding hydrogens is 262 g/mol. The molecule has 3 unspecified atom stereocenters. The van der Waals surface area contributed by atoms with E-state index in [1.54, 1.807) is 0 Å². The molecule has 1 aliphatic carbocycles. The molecule has 0 aromatic rings. The van der Waals surface area contributed by atoms with Gasteiger partial charge in [0.15, 0.2) is 0 Å². The van der Waals surface area contributed by atoms with E-state index in [0.717, 1.165) is 19.6 Å². The third-order valence-electron chi connectivity index (χ3n) is 4.89. The van der Waals surface area contributed by atoms with E-state index in [-0.39, 0.29) is 11.7 Å². The molecule has 0 amide bonds. The number of alkyl halides is 1. The third kappa shape index (κ3) is 3.26. The van der Waals surface area contributed by atoms with Crippen LogP contribution in [0.2, 0.25) is 0 Å². The average Bonchev–Trinajstić information content (AvgIpc) is 3.00. The topological polar surface area (TPSA) is 21.7 Å². The lowest BCUT2D eigenvalue weighted by molar-refractivity contribution is -0.0919. The summed E-state index contributed by atoms with van der Waals surface area (Å²) in [6.45, 7) is 5.17. The second-order valence-corrected chi connectivity index (χ2v) is 6.92. The van der Waals surface area contributed by atoms with Crippen LogP contribution < -0.4 is 0 Å². The summed E-state index contributed by atoms with van der Waals surface area (Å²) in [6.07, 6.45) is 8.70. The SMILES string of the molecule is CC1CN(CC2CCC3(CCCC3)O2)CC(CCl)O1. The Hall–Kier alpha value is 0.170. The van der Waals surface area contributed by atoms with Crippen LogP contribution in [0, 0.1) is 0 Å². The molecule has 3 rings (SSSR count). The van der Waals surface area contributed by atoms with Crippen molar-refractivity contribution in [3.63, 3.8) is 0 Å². The summed E-state index contributed by atoms with van der Waals surface area (Å²) in [5, 5.41) is 0. The van der Waals surface area contributed by atoms with Crippen molar-refractivity contribution < 1.29 is 9.47 Å². The fourth-order valence-electron chi connectivity index (χ4n) is 4.07. The van der Waals surface area contributed by atoms with Crippen LogP contribution in [0.5, 0.6) is 0 Å². The molecule has 2 saturated heterocycles. The fourth-order valence-corrected chi connectivity index (χ4v) is 4.24. The van der Waals surface area contributed by atoms with Gasteiger partial charge >= 0.3 is 0 Å². The number of hydrogen-bond donors (Lipinski definition) is 0. The van der Waals surface area contributed by atoms with Gasteiger partial charge in [-0.15, -0.1) is 11.6 Å². The summed E-state index contributed by atoms with van der Waals surface area (Å²) in [4.78, 5) is 2.49. The summed E-state index contributed by atoms with van der Waals surface area (Å²) >= 11 is 5.94. The Morgan fingerprint density at radius 2 is 1.95 bits per heavy atom. The van der Waals surface area contributed by atoms with Gasteiger partial charge in [-0.1, -0.05) is 12.8 Å². The summed E-state index contributed by atoms with van der Waals surface area (Å²) in [6, 6.07) is 0. The highest BCUT2D eigenvalue weighted by Crippen LogP contribution is 2.43. The number of halogens is 1. The van der Waals surface area contributed by atoms with Crippen LogP contribution in [0.15, 0.2) is 0 Å². The Morgan fingerprint density at radius 3 is 2.68 bits per heavy atom. The van der Waals surface area contributed by atoms with E-state index >= 15 is 0 Å². The first-order valence-corrected chi connectivity index (χ1v) is 8.34. The molecule has 110 valence electrons. The summed E-state index contributed by atoms with van der Waals surface area (Å²) in [5.41, 5.74) is 0.258. The maximum atomic E-state index is 6.40. The van der Waals surface area contributed by atoms with Gasteiger partial charge in [-0.05, 0) is 32.6 Å². The van der Waals surface area contributed by atoms with Crippen molar-refractivity contribution >= 4 is 11.6 Å². The predicted molar refractivity (Wildman–Crippen MR) is 76.8 cm³/mol. The van der Waals surface area contributed by atoms with Crippen molar-refractivity contribution in [3.8, 4) is 0 Å². The quantitative estimate of drug-likeness (QED) is 0.745. The molecule has 1 spiro atoms. The molecule has 19 heavy (non-hydrogen) atoms. The van der Waals surface area contributed by atoms with E-state index < -0.39 is 0 Å². The first-order chi connectivity index (χ1) is 9.19. The smallest absolute Gasteiger partial charge is 0.0841 e. The Bertz CT molecular complexity index is 307. The van der Waals surface area contributed by atoms with Crippen molar-refractivity contribution in [2.24, 2.45) is 0 Å². The van der Waals surface area contributed by atoms with Crippen LogP contribution in [-0.4, -0.2) is 54.3 Å². The zero-order chi connectivity index (χ0) is 13.3. The highest BCUT2D eigenvalue weighted by molar-refractivity contribution is 6.18. The van der Waals surface area contributed by atoms with Gasteiger partial charge in [0.1, 0.15) is 0 Å². The van der Waals surface area contributed by atoms with Crippen molar-refractivity contribution in [1.82, 2.24) is 4.90 Å². The molecule has 2 aliphatic heterocycles. The first kappa shape index (κ1) is 14.1. The van der Waals surface area contributed by atoms with Crippen molar-refractivity contribution in [1.29, 1.82) is 0 Å². The van der Waals surface area contributed by atoms with E-state index in [4.69, 9.17) is 21.1 Å². The lowest BCUT2D eigenvalue weighted by Crippen LogP contribution is -2.49.